The van der Waals surface area contributed by atoms with Crippen LogP contribution in [0.3, 0.4) is 0 Å². The third kappa shape index (κ3) is 0.888. The van der Waals surface area contributed by atoms with E-state index in [1.807, 2.05) is 23.0 Å². The molecule has 0 unspecified atom stereocenters. The molecule has 0 saturated carbocycles. The van der Waals surface area contributed by atoms with E-state index in [4.69, 9.17) is 0 Å². The topological polar surface area (TPSA) is 21.2 Å². The summed E-state index contributed by atoms with van der Waals surface area (Å²) in [5.74, 6) is 0. The summed E-state index contributed by atoms with van der Waals surface area (Å²) in [5, 5.41) is 4.15. The molecular weight excluding hydrogens is 138 g/mol. The molecule has 0 bridgehead atoms. The van der Waals surface area contributed by atoms with Crippen LogP contribution < -0.4 is 4.57 Å². The van der Waals surface area contributed by atoms with E-state index in [1.54, 1.807) is 6.20 Å². The highest BCUT2D eigenvalue weighted by Crippen LogP contribution is 1.92. The second-order valence-corrected chi connectivity index (χ2v) is 2.41. The highest BCUT2D eigenvalue weighted by Gasteiger charge is 2.05. The van der Waals surface area contributed by atoms with Gasteiger partial charge in [-0.05, 0) is 13.0 Å². The number of hydrogen-bond acceptors (Lipinski definition) is 1. The minimum absolute atomic E-state index is 0.988. The number of aromatic nitrogens is 3. The van der Waals surface area contributed by atoms with Gasteiger partial charge in [0.25, 0.3) is 0 Å². The average Bonchev–Trinajstić information content (AvgIpc) is 2.47. The molecule has 2 heterocycles. The zero-order valence-electron chi connectivity index (χ0n) is 6.44. The number of aryl methyl sites for hydroxylation is 1. The fourth-order valence-corrected chi connectivity index (χ4v) is 1.20. The third-order valence-electron chi connectivity index (χ3n) is 1.78. The first-order chi connectivity index (χ1) is 5.42. The Morgan fingerprint density at radius 3 is 3.36 bits per heavy atom. The van der Waals surface area contributed by atoms with Gasteiger partial charge in [-0.25, -0.2) is 4.57 Å². The molecular formula is C8H10N3+. The number of rotatable bonds is 1. The molecule has 0 N–H and O–H groups in total. The van der Waals surface area contributed by atoms with E-state index >= 15 is 0 Å². The lowest BCUT2D eigenvalue weighted by Gasteiger charge is -1.87. The van der Waals surface area contributed by atoms with Gasteiger partial charge in [-0.1, -0.05) is 5.10 Å². The van der Waals surface area contributed by atoms with Gasteiger partial charge in [0, 0.05) is 6.07 Å². The molecule has 2 aromatic rings. The lowest BCUT2D eigenvalue weighted by atomic mass is 10.5. The second kappa shape index (κ2) is 2.34. The molecule has 0 fully saturated rings. The van der Waals surface area contributed by atoms with E-state index in [1.165, 1.54) is 0 Å². The molecule has 3 nitrogen and oxygen atoms in total. The van der Waals surface area contributed by atoms with Crippen molar-refractivity contribution in [1.29, 1.82) is 0 Å². The Bertz CT molecular complexity index is 364. The van der Waals surface area contributed by atoms with Crippen LogP contribution in [0.4, 0.5) is 0 Å². The fourth-order valence-electron chi connectivity index (χ4n) is 1.20. The van der Waals surface area contributed by atoms with Crippen LogP contribution in [0.2, 0.25) is 0 Å². The molecule has 0 spiro atoms. The monoisotopic (exact) mass is 148 g/mol. The minimum atomic E-state index is 0.988. The Morgan fingerprint density at radius 2 is 2.55 bits per heavy atom. The smallest absolute Gasteiger partial charge is 0.229 e. The van der Waals surface area contributed by atoms with Gasteiger partial charge < -0.3 is 0 Å². The standard InChI is InChI=1S/C8H10N3/c1-2-10-6-7-11-8(10)4-3-5-9-11/h3-7H,2H2,1H3/q+1. The van der Waals surface area contributed by atoms with Crippen LogP contribution in [-0.2, 0) is 6.54 Å². The number of fused-ring (bicyclic) bond motifs is 1. The molecule has 0 aromatic carbocycles. The lowest BCUT2D eigenvalue weighted by molar-refractivity contribution is -0.667. The van der Waals surface area contributed by atoms with Gasteiger partial charge in [0.05, 0.1) is 12.7 Å². The summed E-state index contributed by atoms with van der Waals surface area (Å²) in [6, 6.07) is 4.00. The largest absolute Gasteiger partial charge is 0.307 e. The van der Waals surface area contributed by atoms with Crippen molar-refractivity contribution < 1.29 is 4.57 Å². The zero-order valence-corrected chi connectivity index (χ0v) is 6.44. The lowest BCUT2D eigenvalue weighted by Crippen LogP contribution is -2.30. The maximum absolute atomic E-state index is 4.15. The van der Waals surface area contributed by atoms with E-state index in [9.17, 15) is 0 Å². The average molecular weight is 148 g/mol. The first-order valence-corrected chi connectivity index (χ1v) is 3.73. The van der Waals surface area contributed by atoms with Gasteiger partial charge >= 0.3 is 5.65 Å². The van der Waals surface area contributed by atoms with Crippen LogP contribution in [0, 0.1) is 0 Å². The third-order valence-corrected chi connectivity index (χ3v) is 1.78. The molecule has 56 valence electrons. The van der Waals surface area contributed by atoms with Crippen molar-refractivity contribution in [2.75, 3.05) is 0 Å². The predicted molar refractivity (Wildman–Crippen MR) is 41.1 cm³/mol. The Kier molecular flexibility index (Phi) is 1.35. The number of imidazole rings is 1. The Labute approximate surface area is 64.9 Å². The maximum atomic E-state index is 4.15. The van der Waals surface area contributed by atoms with Gasteiger partial charge in [-0.3, -0.25) is 0 Å². The van der Waals surface area contributed by atoms with E-state index in [0.29, 0.717) is 0 Å². The van der Waals surface area contributed by atoms with Crippen LogP contribution in [0.1, 0.15) is 6.92 Å². The summed E-state index contributed by atoms with van der Waals surface area (Å²) in [6.45, 7) is 3.11. The molecule has 0 atom stereocenters. The van der Waals surface area contributed by atoms with E-state index < -0.39 is 0 Å². The normalized spacial score (nSPS) is 10.6. The van der Waals surface area contributed by atoms with Crippen molar-refractivity contribution >= 4 is 5.65 Å². The van der Waals surface area contributed by atoms with Crippen LogP contribution in [0.5, 0.6) is 0 Å². The Morgan fingerprint density at radius 1 is 1.64 bits per heavy atom. The number of nitrogens with zero attached hydrogens (tertiary/aromatic N) is 3. The molecule has 3 heteroatoms. The SMILES string of the molecule is CC[n+]1ccn2ncccc21. The van der Waals surface area contributed by atoms with Crippen LogP contribution in [0.15, 0.2) is 30.7 Å². The van der Waals surface area contributed by atoms with Crippen LogP contribution >= 0.6 is 0 Å². The van der Waals surface area contributed by atoms with Crippen LogP contribution in [-0.4, -0.2) is 9.61 Å². The highest BCUT2D eigenvalue weighted by molar-refractivity contribution is 5.27. The fraction of sp³-hybridized carbons (Fsp3) is 0.250. The molecule has 0 aliphatic carbocycles. The first-order valence-electron chi connectivity index (χ1n) is 3.73. The van der Waals surface area contributed by atoms with Gasteiger partial charge in [-0.15, -0.1) is 4.52 Å². The molecule has 0 aliphatic rings. The molecule has 0 saturated heterocycles. The van der Waals surface area contributed by atoms with Crippen molar-refractivity contribution in [2.24, 2.45) is 0 Å². The van der Waals surface area contributed by atoms with E-state index in [2.05, 4.69) is 22.7 Å². The molecule has 2 rings (SSSR count). The van der Waals surface area contributed by atoms with Crippen molar-refractivity contribution in [1.82, 2.24) is 9.61 Å². The van der Waals surface area contributed by atoms with E-state index in [0.717, 1.165) is 12.2 Å². The first kappa shape index (κ1) is 6.34. The van der Waals surface area contributed by atoms with Crippen molar-refractivity contribution in [3.8, 4) is 0 Å². The predicted octanol–water partition coefficient (Wildman–Crippen LogP) is 0.642. The van der Waals surface area contributed by atoms with Gasteiger partial charge in [0.2, 0.25) is 0 Å². The van der Waals surface area contributed by atoms with Gasteiger partial charge in [-0.2, -0.15) is 0 Å². The quantitative estimate of drug-likeness (QED) is 0.544. The number of hydrogen-bond donors (Lipinski definition) is 0. The van der Waals surface area contributed by atoms with Crippen molar-refractivity contribution in [3.63, 3.8) is 0 Å². The van der Waals surface area contributed by atoms with E-state index in [-0.39, 0.29) is 0 Å². The Hall–Kier alpha value is -1.38. The minimum Gasteiger partial charge on any atom is -0.229 e. The van der Waals surface area contributed by atoms with Gasteiger partial charge in [0.1, 0.15) is 6.20 Å². The summed E-state index contributed by atoms with van der Waals surface area (Å²) in [5.41, 5.74) is 1.13. The summed E-state index contributed by atoms with van der Waals surface area (Å²) in [6.07, 6.45) is 5.77. The summed E-state index contributed by atoms with van der Waals surface area (Å²) in [7, 11) is 0. The summed E-state index contributed by atoms with van der Waals surface area (Å²) < 4.78 is 4.01. The van der Waals surface area contributed by atoms with Crippen molar-refractivity contribution in [3.05, 3.63) is 30.7 Å². The highest BCUT2D eigenvalue weighted by atomic mass is 15.3. The zero-order chi connectivity index (χ0) is 7.68. The second-order valence-electron chi connectivity index (χ2n) is 2.41. The Balaban J connectivity index is 2.76. The molecule has 0 amide bonds. The van der Waals surface area contributed by atoms with Crippen LogP contribution in [0.25, 0.3) is 5.65 Å². The molecule has 2 aromatic heterocycles. The van der Waals surface area contributed by atoms with Gasteiger partial charge in [0.15, 0.2) is 6.20 Å². The summed E-state index contributed by atoms with van der Waals surface area (Å²) in [4.78, 5) is 0. The van der Waals surface area contributed by atoms with Crippen molar-refractivity contribution in [2.45, 2.75) is 13.5 Å². The maximum Gasteiger partial charge on any atom is 0.307 e. The molecule has 11 heavy (non-hydrogen) atoms. The molecule has 0 aliphatic heterocycles. The summed E-state index contributed by atoms with van der Waals surface area (Å²) >= 11 is 0. The molecule has 0 radical (unpaired) electrons.